The highest BCUT2D eigenvalue weighted by molar-refractivity contribution is 6.39. The van der Waals surface area contributed by atoms with E-state index in [-0.39, 0.29) is 6.61 Å². The van der Waals surface area contributed by atoms with Crippen molar-refractivity contribution < 1.29 is 23.9 Å². The Morgan fingerprint density at radius 2 is 1.54 bits per heavy atom. The Hall–Kier alpha value is -3.55. The number of hydrazine groups is 1. The van der Waals surface area contributed by atoms with E-state index in [2.05, 4.69) is 10.7 Å². The molecule has 8 heteroatoms. The van der Waals surface area contributed by atoms with Gasteiger partial charge in [0.25, 0.3) is 5.91 Å². The van der Waals surface area contributed by atoms with Gasteiger partial charge < -0.3 is 14.8 Å². The molecular formula is C18H19N3O5. The maximum atomic E-state index is 11.8. The van der Waals surface area contributed by atoms with Crippen LogP contribution in [-0.2, 0) is 14.4 Å². The number of methoxy groups -OCH3 is 1. The van der Waals surface area contributed by atoms with Gasteiger partial charge in [0.2, 0.25) is 0 Å². The normalized spacial score (nSPS) is 9.77. The van der Waals surface area contributed by atoms with Crippen molar-refractivity contribution in [3.8, 4) is 11.5 Å². The molecule has 26 heavy (non-hydrogen) atoms. The zero-order chi connectivity index (χ0) is 18.9. The number of hydrogen-bond donors (Lipinski definition) is 3. The average Bonchev–Trinajstić information content (AvgIpc) is 2.66. The molecule has 0 heterocycles. The highest BCUT2D eigenvalue weighted by Crippen LogP contribution is 2.16. The Balaban J connectivity index is 1.74. The summed E-state index contributed by atoms with van der Waals surface area (Å²) in [5, 5.41) is 2.46. The van der Waals surface area contributed by atoms with Crippen molar-refractivity contribution in [2.24, 2.45) is 0 Å². The Morgan fingerprint density at radius 1 is 0.885 bits per heavy atom. The largest absolute Gasteiger partial charge is 0.497 e. The number of ether oxygens (including phenoxy) is 2. The van der Waals surface area contributed by atoms with Gasteiger partial charge in [-0.3, -0.25) is 25.2 Å². The molecule has 3 amide bonds. The summed E-state index contributed by atoms with van der Waals surface area (Å²) >= 11 is 0. The Morgan fingerprint density at radius 3 is 2.19 bits per heavy atom. The Labute approximate surface area is 150 Å². The third kappa shape index (κ3) is 5.52. The third-order valence-corrected chi connectivity index (χ3v) is 3.34. The number of para-hydroxylation sites is 1. The van der Waals surface area contributed by atoms with E-state index in [9.17, 15) is 14.4 Å². The molecule has 0 aliphatic rings. The van der Waals surface area contributed by atoms with Crippen LogP contribution in [0, 0.1) is 6.92 Å². The highest BCUT2D eigenvalue weighted by Gasteiger charge is 2.15. The lowest BCUT2D eigenvalue weighted by Crippen LogP contribution is -2.48. The van der Waals surface area contributed by atoms with Gasteiger partial charge >= 0.3 is 11.8 Å². The van der Waals surface area contributed by atoms with Gasteiger partial charge in [-0.2, -0.15) is 0 Å². The maximum absolute atomic E-state index is 11.8. The first-order valence-corrected chi connectivity index (χ1v) is 7.72. The first-order chi connectivity index (χ1) is 12.5. The summed E-state index contributed by atoms with van der Waals surface area (Å²) in [6, 6.07) is 13.7. The van der Waals surface area contributed by atoms with E-state index in [4.69, 9.17) is 9.47 Å². The molecule has 0 saturated heterocycles. The summed E-state index contributed by atoms with van der Waals surface area (Å²) in [4.78, 5) is 35.2. The predicted molar refractivity (Wildman–Crippen MR) is 94.6 cm³/mol. The number of aryl methyl sites for hydroxylation is 1. The molecular weight excluding hydrogens is 338 g/mol. The van der Waals surface area contributed by atoms with Crippen molar-refractivity contribution in [1.29, 1.82) is 0 Å². The second-order valence-corrected chi connectivity index (χ2v) is 5.24. The van der Waals surface area contributed by atoms with Crippen LogP contribution in [0.1, 0.15) is 5.56 Å². The van der Waals surface area contributed by atoms with Gasteiger partial charge in [-0.05, 0) is 42.8 Å². The van der Waals surface area contributed by atoms with E-state index in [1.54, 1.807) is 56.5 Å². The molecule has 0 aromatic heterocycles. The van der Waals surface area contributed by atoms with Crippen LogP contribution in [0.15, 0.2) is 48.5 Å². The molecule has 0 atom stereocenters. The van der Waals surface area contributed by atoms with Crippen LogP contribution in [0.2, 0.25) is 0 Å². The van der Waals surface area contributed by atoms with Crippen LogP contribution in [-0.4, -0.2) is 31.4 Å². The van der Waals surface area contributed by atoms with Crippen molar-refractivity contribution in [1.82, 2.24) is 10.9 Å². The van der Waals surface area contributed by atoms with Gasteiger partial charge in [0.05, 0.1) is 7.11 Å². The average molecular weight is 357 g/mol. The lowest BCUT2D eigenvalue weighted by Gasteiger charge is -2.10. The van der Waals surface area contributed by atoms with E-state index in [0.29, 0.717) is 17.2 Å². The number of amides is 3. The van der Waals surface area contributed by atoms with Gasteiger partial charge in [-0.1, -0.05) is 18.2 Å². The molecule has 3 N–H and O–H groups in total. The molecule has 136 valence electrons. The number of anilines is 1. The van der Waals surface area contributed by atoms with Gasteiger partial charge in [0, 0.05) is 5.69 Å². The van der Waals surface area contributed by atoms with E-state index < -0.39 is 17.7 Å². The standard InChI is InChI=1S/C18H19N3O5/c1-12-5-3-4-6-15(12)19-17(23)18(24)21-20-16(22)11-26-14-9-7-13(25-2)8-10-14/h3-10H,11H2,1-2H3,(H,19,23)(H,20,22)(H,21,24). The first-order valence-electron chi connectivity index (χ1n) is 7.72. The van der Waals surface area contributed by atoms with Gasteiger partial charge in [0.15, 0.2) is 6.61 Å². The van der Waals surface area contributed by atoms with Crippen molar-refractivity contribution in [3.05, 3.63) is 54.1 Å². The minimum atomic E-state index is -0.994. The molecule has 0 radical (unpaired) electrons. The fourth-order valence-electron chi connectivity index (χ4n) is 1.93. The molecule has 0 bridgehead atoms. The molecule has 0 saturated carbocycles. The summed E-state index contributed by atoms with van der Waals surface area (Å²) < 4.78 is 10.3. The summed E-state index contributed by atoms with van der Waals surface area (Å²) in [6.07, 6.45) is 0. The molecule has 2 aromatic carbocycles. The lowest BCUT2D eigenvalue weighted by molar-refractivity contribution is -0.138. The van der Waals surface area contributed by atoms with Crippen molar-refractivity contribution in [2.45, 2.75) is 6.92 Å². The minimum absolute atomic E-state index is 0.327. The zero-order valence-electron chi connectivity index (χ0n) is 14.4. The SMILES string of the molecule is COc1ccc(OCC(=O)NNC(=O)C(=O)Nc2ccccc2C)cc1. The second kappa shape index (κ2) is 9.07. The second-order valence-electron chi connectivity index (χ2n) is 5.24. The third-order valence-electron chi connectivity index (χ3n) is 3.34. The summed E-state index contributed by atoms with van der Waals surface area (Å²) in [5.41, 5.74) is 5.46. The number of benzene rings is 2. The number of nitrogens with one attached hydrogen (secondary N) is 3. The van der Waals surface area contributed by atoms with Crippen molar-refractivity contribution in [3.63, 3.8) is 0 Å². The molecule has 8 nitrogen and oxygen atoms in total. The quantitative estimate of drug-likeness (QED) is 0.550. The van der Waals surface area contributed by atoms with E-state index in [1.807, 2.05) is 11.5 Å². The molecule has 2 aromatic rings. The van der Waals surface area contributed by atoms with Gasteiger partial charge in [-0.15, -0.1) is 0 Å². The lowest BCUT2D eigenvalue weighted by atomic mass is 10.2. The zero-order valence-corrected chi connectivity index (χ0v) is 14.4. The van der Waals surface area contributed by atoms with Crippen LogP contribution in [0.5, 0.6) is 11.5 Å². The summed E-state index contributed by atoms with van der Waals surface area (Å²) in [6.45, 7) is 1.47. The van der Waals surface area contributed by atoms with Crippen LogP contribution >= 0.6 is 0 Å². The first kappa shape index (κ1) is 18.8. The van der Waals surface area contributed by atoms with Crippen molar-refractivity contribution >= 4 is 23.4 Å². The smallest absolute Gasteiger partial charge is 0.328 e. The number of carbonyl (C=O) groups excluding carboxylic acids is 3. The molecule has 0 spiro atoms. The predicted octanol–water partition coefficient (Wildman–Crippen LogP) is 1.17. The van der Waals surface area contributed by atoms with Gasteiger partial charge in [-0.25, -0.2) is 0 Å². The van der Waals surface area contributed by atoms with E-state index in [0.717, 1.165) is 5.56 Å². The summed E-state index contributed by atoms with van der Waals surface area (Å²) in [7, 11) is 1.54. The van der Waals surface area contributed by atoms with E-state index >= 15 is 0 Å². The van der Waals surface area contributed by atoms with Crippen LogP contribution in [0.4, 0.5) is 5.69 Å². The number of carbonyl (C=O) groups is 3. The molecule has 0 aliphatic carbocycles. The Kier molecular flexibility index (Phi) is 6.55. The van der Waals surface area contributed by atoms with Crippen LogP contribution in [0.25, 0.3) is 0 Å². The minimum Gasteiger partial charge on any atom is -0.497 e. The molecule has 2 rings (SSSR count). The van der Waals surface area contributed by atoms with Gasteiger partial charge in [0.1, 0.15) is 11.5 Å². The molecule has 0 unspecified atom stereocenters. The fraction of sp³-hybridized carbons (Fsp3) is 0.167. The van der Waals surface area contributed by atoms with Crippen LogP contribution < -0.4 is 25.6 Å². The monoisotopic (exact) mass is 357 g/mol. The highest BCUT2D eigenvalue weighted by atomic mass is 16.5. The molecule has 0 aliphatic heterocycles. The van der Waals surface area contributed by atoms with Crippen molar-refractivity contribution in [2.75, 3.05) is 19.0 Å². The number of hydrogen-bond acceptors (Lipinski definition) is 5. The summed E-state index contributed by atoms with van der Waals surface area (Å²) in [5.74, 6) is -1.38. The van der Waals surface area contributed by atoms with E-state index in [1.165, 1.54) is 0 Å². The Bertz CT molecular complexity index is 790. The topological polar surface area (TPSA) is 106 Å². The molecule has 0 fully saturated rings. The fourth-order valence-corrected chi connectivity index (χ4v) is 1.93. The number of rotatable bonds is 5. The van der Waals surface area contributed by atoms with Crippen LogP contribution in [0.3, 0.4) is 0 Å². The maximum Gasteiger partial charge on any atom is 0.328 e.